The zero-order valence-corrected chi connectivity index (χ0v) is 27.7. The van der Waals surface area contributed by atoms with Crippen LogP contribution in [-0.4, -0.2) is 13.7 Å². The van der Waals surface area contributed by atoms with E-state index in [1.807, 2.05) is 0 Å². The second-order valence-corrected chi connectivity index (χ2v) is 13.5. The lowest BCUT2D eigenvalue weighted by molar-refractivity contribution is 0.312. The van der Waals surface area contributed by atoms with Crippen molar-refractivity contribution in [3.05, 3.63) is 181 Å². The molecular weight excluding hydrogens is 623 g/mol. The van der Waals surface area contributed by atoms with E-state index in [4.69, 9.17) is 0 Å². The molecule has 0 aliphatic carbocycles. The maximum atomic E-state index is 4.03. The number of benzene rings is 7. The van der Waals surface area contributed by atoms with Gasteiger partial charge in [0.2, 0.25) is 0 Å². The number of para-hydroxylation sites is 6. The Bertz CT molecular complexity index is 2830. The van der Waals surface area contributed by atoms with E-state index < -0.39 is 0 Å². The topological polar surface area (TPSA) is 38.9 Å². The third kappa shape index (κ3) is 4.19. The molecule has 4 heterocycles. The van der Waals surface area contributed by atoms with Crippen molar-refractivity contribution in [1.29, 1.82) is 0 Å². The van der Waals surface area contributed by atoms with Gasteiger partial charge < -0.3 is 19.0 Å². The molecule has 3 aromatic heterocycles. The van der Waals surface area contributed by atoms with E-state index in [2.05, 4.69) is 200 Å². The summed E-state index contributed by atoms with van der Waals surface area (Å²) in [5.74, 6) is 0. The Balaban J connectivity index is 1.10. The van der Waals surface area contributed by atoms with Crippen LogP contribution in [0.15, 0.2) is 176 Å². The Morgan fingerprint density at radius 3 is 1.20 bits per heavy atom. The summed E-state index contributed by atoms with van der Waals surface area (Å²) in [5.41, 5.74) is 10.6. The Labute approximate surface area is 294 Å². The first kappa shape index (κ1) is 28.3. The lowest BCUT2D eigenvalue weighted by Crippen LogP contribution is -2.44. The van der Waals surface area contributed by atoms with E-state index in [1.165, 1.54) is 65.4 Å². The van der Waals surface area contributed by atoms with Gasteiger partial charge in [-0.15, -0.1) is 0 Å². The summed E-state index contributed by atoms with van der Waals surface area (Å²) in [6.45, 7) is 0. The lowest BCUT2D eigenvalue weighted by atomic mass is 10.1. The molecule has 0 fully saturated rings. The molecule has 2 N–H and O–H groups in total. The Kier molecular flexibility index (Phi) is 6.09. The molecule has 1 aliphatic rings. The highest BCUT2D eigenvalue weighted by atomic mass is 15.4. The fraction of sp³-hybridized carbons (Fsp3) is 0.0435. The van der Waals surface area contributed by atoms with Gasteiger partial charge in [0, 0.05) is 43.7 Å². The van der Waals surface area contributed by atoms with Crippen LogP contribution in [0.4, 0.5) is 0 Å². The SMILES string of the molecule is C1=C(c2ccc(-n3c4ccccc4c4ccccc43)cc2)NC(n2c3ccccc3c3ccccc32)NC1n1c2ccccc2c2ccccc21. The van der Waals surface area contributed by atoms with Gasteiger partial charge in [0.1, 0.15) is 6.17 Å². The summed E-state index contributed by atoms with van der Waals surface area (Å²) >= 11 is 0. The number of nitrogens with one attached hydrogen (secondary N) is 2. The number of fused-ring (bicyclic) bond motifs is 9. The number of hydrogen-bond acceptors (Lipinski definition) is 2. The minimum absolute atomic E-state index is 0.131. The molecule has 242 valence electrons. The second-order valence-electron chi connectivity index (χ2n) is 13.5. The van der Waals surface area contributed by atoms with E-state index in [9.17, 15) is 0 Å². The molecule has 2 atom stereocenters. The molecule has 0 amide bonds. The Morgan fingerprint density at radius 1 is 0.373 bits per heavy atom. The molecule has 0 saturated carbocycles. The lowest BCUT2D eigenvalue weighted by Gasteiger charge is -2.35. The number of rotatable bonds is 4. The van der Waals surface area contributed by atoms with Gasteiger partial charge in [0.05, 0.1) is 33.1 Å². The van der Waals surface area contributed by atoms with Gasteiger partial charge in [-0.25, -0.2) is 0 Å². The molecule has 0 saturated heterocycles. The zero-order chi connectivity index (χ0) is 33.5. The Morgan fingerprint density at radius 2 is 0.745 bits per heavy atom. The van der Waals surface area contributed by atoms with Gasteiger partial charge in [-0.2, -0.15) is 0 Å². The van der Waals surface area contributed by atoms with E-state index in [0.29, 0.717) is 0 Å². The summed E-state index contributed by atoms with van der Waals surface area (Å²) in [6, 6.07) is 61.3. The minimum Gasteiger partial charge on any atom is -0.352 e. The smallest absolute Gasteiger partial charge is 0.161 e. The molecule has 1 aliphatic heterocycles. The summed E-state index contributed by atoms with van der Waals surface area (Å²) in [6.07, 6.45) is 1.99. The predicted molar refractivity (Wildman–Crippen MR) is 212 cm³/mol. The predicted octanol–water partition coefficient (Wildman–Crippen LogP) is 10.9. The molecule has 0 radical (unpaired) electrons. The van der Waals surface area contributed by atoms with Crippen LogP contribution in [0, 0.1) is 0 Å². The number of aromatic nitrogens is 3. The van der Waals surface area contributed by atoms with Crippen molar-refractivity contribution in [3.63, 3.8) is 0 Å². The van der Waals surface area contributed by atoms with Crippen molar-refractivity contribution in [2.24, 2.45) is 0 Å². The molecule has 2 unspecified atom stereocenters. The number of nitrogens with zero attached hydrogens (tertiary/aromatic N) is 3. The minimum atomic E-state index is -0.225. The number of hydrogen-bond donors (Lipinski definition) is 2. The molecule has 0 bridgehead atoms. The first-order chi connectivity index (χ1) is 25.3. The molecule has 5 heteroatoms. The molecule has 0 spiro atoms. The fourth-order valence-corrected chi connectivity index (χ4v) is 8.55. The highest BCUT2D eigenvalue weighted by Gasteiger charge is 2.28. The first-order valence-electron chi connectivity index (χ1n) is 17.6. The van der Waals surface area contributed by atoms with Gasteiger partial charge in [-0.3, -0.25) is 5.32 Å². The average Bonchev–Trinajstić information content (AvgIpc) is 3.84. The van der Waals surface area contributed by atoms with Crippen molar-refractivity contribution in [3.8, 4) is 5.69 Å². The normalized spacial score (nSPS) is 16.4. The van der Waals surface area contributed by atoms with Crippen molar-refractivity contribution >= 4 is 71.1 Å². The van der Waals surface area contributed by atoms with Crippen LogP contribution in [-0.2, 0) is 0 Å². The van der Waals surface area contributed by atoms with Crippen LogP contribution >= 0.6 is 0 Å². The van der Waals surface area contributed by atoms with Gasteiger partial charge in [-0.05, 0) is 60.2 Å². The third-order valence-corrected chi connectivity index (χ3v) is 10.7. The highest BCUT2D eigenvalue weighted by Crippen LogP contribution is 2.38. The standard InChI is InChI=1S/C46H33N5/c1-7-19-39-32(13-1)33-14-2-8-20-40(33)49(39)31-27-25-30(26-28-31)38-29-45(50-41-21-9-3-15-34(41)35-16-4-10-22-42(35)50)48-46(47-38)51-43-23-11-5-17-36(43)37-18-6-12-24-44(37)51/h1-29,45-48H. The van der Waals surface area contributed by atoms with Crippen LogP contribution in [0.25, 0.3) is 76.8 Å². The summed E-state index contributed by atoms with van der Waals surface area (Å²) < 4.78 is 7.25. The van der Waals surface area contributed by atoms with E-state index in [0.717, 1.165) is 16.9 Å². The van der Waals surface area contributed by atoms with Gasteiger partial charge in [0.25, 0.3) is 0 Å². The quantitative estimate of drug-likeness (QED) is 0.198. The van der Waals surface area contributed by atoms with Crippen LogP contribution in [0.3, 0.4) is 0 Å². The summed E-state index contributed by atoms with van der Waals surface area (Å²) in [5, 5.41) is 15.5. The molecule has 5 nitrogen and oxygen atoms in total. The van der Waals surface area contributed by atoms with E-state index in [1.54, 1.807) is 0 Å². The highest BCUT2D eigenvalue weighted by molar-refractivity contribution is 6.10. The van der Waals surface area contributed by atoms with Gasteiger partial charge in [-0.1, -0.05) is 121 Å². The van der Waals surface area contributed by atoms with Crippen molar-refractivity contribution < 1.29 is 0 Å². The monoisotopic (exact) mass is 655 g/mol. The van der Waals surface area contributed by atoms with Crippen molar-refractivity contribution in [2.75, 3.05) is 0 Å². The maximum absolute atomic E-state index is 4.03. The summed E-state index contributed by atoms with van der Waals surface area (Å²) in [4.78, 5) is 0. The first-order valence-corrected chi connectivity index (χ1v) is 17.6. The van der Waals surface area contributed by atoms with E-state index in [-0.39, 0.29) is 12.5 Å². The molecular formula is C46H33N5. The molecule has 7 aromatic carbocycles. The van der Waals surface area contributed by atoms with Crippen molar-refractivity contribution in [1.82, 2.24) is 24.3 Å². The average molecular weight is 656 g/mol. The van der Waals surface area contributed by atoms with E-state index >= 15 is 0 Å². The fourth-order valence-electron chi connectivity index (χ4n) is 8.55. The largest absolute Gasteiger partial charge is 0.352 e. The van der Waals surface area contributed by atoms with Crippen LogP contribution < -0.4 is 10.6 Å². The zero-order valence-electron chi connectivity index (χ0n) is 27.7. The maximum Gasteiger partial charge on any atom is 0.161 e. The third-order valence-electron chi connectivity index (χ3n) is 10.7. The van der Waals surface area contributed by atoms with Crippen LogP contribution in [0.5, 0.6) is 0 Å². The molecule has 51 heavy (non-hydrogen) atoms. The molecule has 10 aromatic rings. The Hall–Kier alpha value is -6.56. The van der Waals surface area contributed by atoms with Crippen molar-refractivity contribution in [2.45, 2.75) is 12.5 Å². The molecule has 11 rings (SSSR count). The summed E-state index contributed by atoms with van der Waals surface area (Å²) in [7, 11) is 0. The van der Waals surface area contributed by atoms with Crippen LogP contribution in [0.1, 0.15) is 18.0 Å². The van der Waals surface area contributed by atoms with Crippen LogP contribution in [0.2, 0.25) is 0 Å². The second kappa shape index (κ2) is 11.0. The van der Waals surface area contributed by atoms with Gasteiger partial charge >= 0.3 is 0 Å². The van der Waals surface area contributed by atoms with Gasteiger partial charge in [0.15, 0.2) is 6.29 Å².